The Bertz CT molecular complexity index is 951. The summed E-state index contributed by atoms with van der Waals surface area (Å²) in [5.74, 6) is 0.590. The van der Waals surface area contributed by atoms with E-state index < -0.39 is 10.0 Å². The number of ether oxygens (including phenoxy) is 1. The van der Waals surface area contributed by atoms with E-state index >= 15 is 0 Å². The van der Waals surface area contributed by atoms with E-state index in [0.29, 0.717) is 5.56 Å². The average molecular weight is 328 g/mol. The zero-order valence-electron chi connectivity index (χ0n) is 12.6. The molecule has 0 bridgehead atoms. The molecule has 2 aromatic carbocycles. The summed E-state index contributed by atoms with van der Waals surface area (Å²) in [7, 11) is -1.90. The van der Waals surface area contributed by atoms with Gasteiger partial charge in [-0.05, 0) is 34.9 Å². The predicted molar refractivity (Wildman–Crippen MR) is 90.5 cm³/mol. The van der Waals surface area contributed by atoms with Gasteiger partial charge in [-0.1, -0.05) is 24.3 Å². The van der Waals surface area contributed by atoms with Crippen LogP contribution < -0.4 is 9.88 Å². The first-order valence-electron chi connectivity index (χ1n) is 6.99. The van der Waals surface area contributed by atoms with Crippen molar-refractivity contribution in [1.29, 1.82) is 0 Å². The Morgan fingerprint density at radius 1 is 1.09 bits per heavy atom. The minimum Gasteiger partial charge on any atom is -0.497 e. The Morgan fingerprint density at radius 3 is 2.48 bits per heavy atom. The summed E-state index contributed by atoms with van der Waals surface area (Å²) in [6.07, 6.45) is 1.75. The van der Waals surface area contributed by atoms with Crippen LogP contribution in [0.5, 0.6) is 5.75 Å². The Kier molecular flexibility index (Phi) is 4.02. The highest BCUT2D eigenvalue weighted by molar-refractivity contribution is 7.88. The summed E-state index contributed by atoms with van der Waals surface area (Å²) < 4.78 is 27.5. The molecule has 0 atom stereocenters. The number of sulfonamides is 1. The topological polar surface area (TPSA) is 82.3 Å². The number of benzene rings is 2. The lowest BCUT2D eigenvalue weighted by molar-refractivity contribution is 0.415. The number of primary sulfonamides is 1. The van der Waals surface area contributed by atoms with E-state index in [9.17, 15) is 8.42 Å². The lowest BCUT2D eigenvalue weighted by Gasteiger charge is -2.08. The van der Waals surface area contributed by atoms with E-state index in [0.717, 1.165) is 27.8 Å². The maximum absolute atomic E-state index is 11.1. The van der Waals surface area contributed by atoms with Gasteiger partial charge in [-0.25, -0.2) is 13.6 Å². The van der Waals surface area contributed by atoms with Crippen molar-refractivity contribution in [2.24, 2.45) is 5.14 Å². The SMILES string of the molecule is COc1ccc2c(-c3ccc(CS(N)(=O)=O)cc3)ccnc2c1. The molecule has 2 N–H and O–H groups in total. The number of methoxy groups -OCH3 is 1. The van der Waals surface area contributed by atoms with Crippen molar-refractivity contribution in [3.05, 3.63) is 60.3 Å². The molecule has 3 aromatic rings. The van der Waals surface area contributed by atoms with Crippen LogP contribution in [-0.2, 0) is 15.8 Å². The fourth-order valence-corrected chi connectivity index (χ4v) is 3.18. The monoisotopic (exact) mass is 328 g/mol. The lowest BCUT2D eigenvalue weighted by Crippen LogP contribution is -2.14. The number of pyridine rings is 1. The van der Waals surface area contributed by atoms with E-state index in [-0.39, 0.29) is 5.75 Å². The van der Waals surface area contributed by atoms with Crippen LogP contribution in [0.1, 0.15) is 5.56 Å². The van der Waals surface area contributed by atoms with Crippen LogP contribution in [0.3, 0.4) is 0 Å². The normalized spacial score (nSPS) is 11.6. The van der Waals surface area contributed by atoms with Crippen LogP contribution in [0, 0.1) is 0 Å². The van der Waals surface area contributed by atoms with E-state index in [1.807, 2.05) is 36.4 Å². The third-order valence-corrected chi connectivity index (χ3v) is 4.32. The molecule has 0 fully saturated rings. The first-order chi connectivity index (χ1) is 11.0. The van der Waals surface area contributed by atoms with Gasteiger partial charge in [-0.2, -0.15) is 0 Å². The van der Waals surface area contributed by atoms with E-state index in [1.54, 1.807) is 25.4 Å². The van der Waals surface area contributed by atoms with Crippen molar-refractivity contribution in [1.82, 2.24) is 4.98 Å². The van der Waals surface area contributed by atoms with Crippen LogP contribution in [0.2, 0.25) is 0 Å². The van der Waals surface area contributed by atoms with Crippen LogP contribution in [-0.4, -0.2) is 20.5 Å². The van der Waals surface area contributed by atoms with Gasteiger partial charge in [-0.15, -0.1) is 0 Å². The summed E-state index contributed by atoms with van der Waals surface area (Å²) in [4.78, 5) is 4.37. The Labute approximate surface area is 134 Å². The molecule has 5 nitrogen and oxygen atoms in total. The van der Waals surface area contributed by atoms with Crippen LogP contribution >= 0.6 is 0 Å². The molecule has 1 heterocycles. The standard InChI is InChI=1S/C17H16N2O3S/c1-22-14-6-7-16-15(8-9-19-17(16)10-14)13-4-2-12(3-5-13)11-23(18,20)21/h2-10H,11H2,1H3,(H2,18,20,21). The second-order valence-corrected chi connectivity index (χ2v) is 6.86. The fourth-order valence-electron chi connectivity index (χ4n) is 2.52. The number of aromatic nitrogens is 1. The first-order valence-corrected chi connectivity index (χ1v) is 8.70. The minimum atomic E-state index is -3.52. The predicted octanol–water partition coefficient (Wildman–Crippen LogP) is 2.70. The molecule has 0 aliphatic carbocycles. The molecule has 0 radical (unpaired) electrons. The molecule has 0 aliphatic rings. The molecule has 0 aliphatic heterocycles. The molecular formula is C17H16N2O3S. The van der Waals surface area contributed by atoms with Gasteiger partial charge >= 0.3 is 0 Å². The molecule has 0 spiro atoms. The smallest absolute Gasteiger partial charge is 0.213 e. The molecule has 0 unspecified atom stereocenters. The largest absolute Gasteiger partial charge is 0.497 e. The maximum Gasteiger partial charge on any atom is 0.213 e. The number of hydrogen-bond donors (Lipinski definition) is 1. The number of nitrogens with two attached hydrogens (primary N) is 1. The molecular weight excluding hydrogens is 312 g/mol. The van der Waals surface area contributed by atoms with Gasteiger partial charge < -0.3 is 4.74 Å². The summed E-state index contributed by atoms with van der Waals surface area (Å²) >= 11 is 0. The average Bonchev–Trinajstić information content (AvgIpc) is 2.53. The summed E-state index contributed by atoms with van der Waals surface area (Å²) in [6.45, 7) is 0. The lowest BCUT2D eigenvalue weighted by atomic mass is 10.0. The van der Waals surface area contributed by atoms with Gasteiger partial charge in [-0.3, -0.25) is 4.98 Å². The van der Waals surface area contributed by atoms with Crippen molar-refractivity contribution < 1.29 is 13.2 Å². The molecule has 1 aromatic heterocycles. The van der Waals surface area contributed by atoms with Gasteiger partial charge in [0.05, 0.1) is 18.4 Å². The molecule has 0 amide bonds. The highest BCUT2D eigenvalue weighted by Gasteiger charge is 2.08. The summed E-state index contributed by atoms with van der Waals surface area (Å²) in [6, 6.07) is 15.0. The molecule has 0 saturated carbocycles. The van der Waals surface area contributed by atoms with E-state index in [1.165, 1.54) is 0 Å². The van der Waals surface area contributed by atoms with Crippen LogP contribution in [0.25, 0.3) is 22.0 Å². The Balaban J connectivity index is 2.03. The molecule has 6 heteroatoms. The summed E-state index contributed by atoms with van der Waals surface area (Å²) in [5.41, 5.74) is 3.52. The second kappa shape index (κ2) is 5.98. The first kappa shape index (κ1) is 15.5. The van der Waals surface area contributed by atoms with Crippen LogP contribution in [0.15, 0.2) is 54.7 Å². The zero-order chi connectivity index (χ0) is 16.4. The fraction of sp³-hybridized carbons (Fsp3) is 0.118. The third kappa shape index (κ3) is 3.49. The Morgan fingerprint density at radius 2 is 1.83 bits per heavy atom. The van der Waals surface area contributed by atoms with E-state index in [2.05, 4.69) is 4.98 Å². The van der Waals surface area contributed by atoms with E-state index in [4.69, 9.17) is 9.88 Å². The highest BCUT2D eigenvalue weighted by Crippen LogP contribution is 2.29. The van der Waals surface area contributed by atoms with Crippen LogP contribution in [0.4, 0.5) is 0 Å². The van der Waals surface area contributed by atoms with Crippen molar-refractivity contribution in [2.45, 2.75) is 5.75 Å². The van der Waals surface area contributed by atoms with Crippen molar-refractivity contribution in [2.75, 3.05) is 7.11 Å². The number of hydrogen-bond acceptors (Lipinski definition) is 4. The van der Waals surface area contributed by atoms with Gasteiger partial charge in [0.1, 0.15) is 5.75 Å². The quantitative estimate of drug-likeness (QED) is 0.798. The van der Waals surface area contributed by atoms with Crippen molar-refractivity contribution >= 4 is 20.9 Å². The van der Waals surface area contributed by atoms with Gasteiger partial charge in [0.2, 0.25) is 10.0 Å². The summed E-state index contributed by atoms with van der Waals surface area (Å²) in [5, 5.41) is 6.08. The third-order valence-electron chi connectivity index (χ3n) is 3.58. The number of fused-ring (bicyclic) bond motifs is 1. The molecule has 23 heavy (non-hydrogen) atoms. The Hall–Kier alpha value is -2.44. The zero-order valence-corrected chi connectivity index (χ0v) is 13.4. The van der Waals surface area contributed by atoms with Gasteiger partial charge in [0.15, 0.2) is 0 Å². The molecule has 118 valence electrons. The number of rotatable bonds is 4. The van der Waals surface area contributed by atoms with Crippen molar-refractivity contribution in [3.8, 4) is 16.9 Å². The minimum absolute atomic E-state index is 0.165. The van der Waals surface area contributed by atoms with Gasteiger partial charge in [0, 0.05) is 17.6 Å². The van der Waals surface area contributed by atoms with Gasteiger partial charge in [0.25, 0.3) is 0 Å². The second-order valence-electron chi connectivity index (χ2n) is 5.25. The maximum atomic E-state index is 11.1. The molecule has 0 saturated heterocycles. The number of nitrogens with zero attached hydrogens (tertiary/aromatic N) is 1. The molecule has 3 rings (SSSR count). The highest BCUT2D eigenvalue weighted by atomic mass is 32.2. The van der Waals surface area contributed by atoms with Crippen molar-refractivity contribution in [3.63, 3.8) is 0 Å².